The summed E-state index contributed by atoms with van der Waals surface area (Å²) < 4.78 is 6.54. The van der Waals surface area contributed by atoms with Crippen molar-refractivity contribution in [2.24, 2.45) is 0 Å². The van der Waals surface area contributed by atoms with Gasteiger partial charge in [0.25, 0.3) is 0 Å². The zero-order chi connectivity index (χ0) is 16.9. The van der Waals surface area contributed by atoms with Crippen LogP contribution in [0, 0.1) is 0 Å². The normalized spacial score (nSPS) is 10.9. The number of hydrogen-bond donors (Lipinski definition) is 2. The van der Waals surface area contributed by atoms with Crippen molar-refractivity contribution < 1.29 is 9.53 Å². The summed E-state index contributed by atoms with van der Waals surface area (Å²) in [6.45, 7) is 3.07. The van der Waals surface area contributed by atoms with Crippen LogP contribution in [0.4, 0.5) is 0 Å². The Balaban J connectivity index is 1.62. The summed E-state index contributed by atoms with van der Waals surface area (Å²) in [7, 11) is 0. The predicted octanol–water partition coefficient (Wildman–Crippen LogP) is 2.94. The lowest BCUT2D eigenvalue weighted by molar-refractivity contribution is -0.116. The lowest BCUT2D eigenvalue weighted by Gasteiger charge is -2.07. The molecule has 0 fully saturated rings. The quantitative estimate of drug-likeness (QED) is 0.608. The summed E-state index contributed by atoms with van der Waals surface area (Å²) in [4.78, 5) is 22.8. The number of aromatic nitrogens is 3. The Bertz CT molecular complexity index is 845. The monoisotopic (exact) mass is 388 g/mol. The lowest BCUT2D eigenvalue weighted by Crippen LogP contribution is -2.25. The summed E-state index contributed by atoms with van der Waals surface area (Å²) in [5.41, 5.74) is 2.53. The molecule has 0 spiro atoms. The van der Waals surface area contributed by atoms with E-state index in [1.807, 2.05) is 30.3 Å². The highest BCUT2D eigenvalue weighted by Crippen LogP contribution is 2.23. The fraction of sp³-hybridized carbons (Fsp3) is 0.235. The van der Waals surface area contributed by atoms with Gasteiger partial charge in [0.15, 0.2) is 5.65 Å². The van der Waals surface area contributed by atoms with Crippen molar-refractivity contribution in [2.75, 3.05) is 19.7 Å². The van der Waals surface area contributed by atoms with Crippen LogP contribution < -0.4 is 10.1 Å². The highest BCUT2D eigenvalue weighted by molar-refractivity contribution is 9.10. The number of nitrogens with one attached hydrogen (secondary N) is 2. The SMILES string of the molecule is CC(=O)CNCCOc1ccc(-c2nc3ncc(Br)cc3[nH]2)cc1. The van der Waals surface area contributed by atoms with Crippen LogP contribution in [0.2, 0.25) is 0 Å². The first-order valence-electron chi connectivity index (χ1n) is 7.56. The Morgan fingerprint density at radius 3 is 2.88 bits per heavy atom. The molecular weight excluding hydrogens is 372 g/mol. The van der Waals surface area contributed by atoms with Gasteiger partial charge in [0.2, 0.25) is 0 Å². The number of imidazole rings is 1. The van der Waals surface area contributed by atoms with Gasteiger partial charge in [-0.3, -0.25) is 4.79 Å². The number of ketones is 1. The molecule has 7 heteroatoms. The van der Waals surface area contributed by atoms with E-state index in [2.05, 4.69) is 36.2 Å². The average molecular weight is 389 g/mol. The van der Waals surface area contributed by atoms with Gasteiger partial charge >= 0.3 is 0 Å². The predicted molar refractivity (Wildman–Crippen MR) is 96.1 cm³/mol. The van der Waals surface area contributed by atoms with Gasteiger partial charge in [-0.1, -0.05) is 0 Å². The number of fused-ring (bicyclic) bond motifs is 1. The van der Waals surface area contributed by atoms with E-state index in [1.54, 1.807) is 13.1 Å². The Morgan fingerprint density at radius 1 is 1.33 bits per heavy atom. The van der Waals surface area contributed by atoms with E-state index < -0.39 is 0 Å². The third-order valence-electron chi connectivity index (χ3n) is 3.35. The molecule has 0 saturated carbocycles. The second-order valence-electron chi connectivity index (χ2n) is 5.36. The van der Waals surface area contributed by atoms with Crippen molar-refractivity contribution in [3.63, 3.8) is 0 Å². The molecule has 124 valence electrons. The number of carbonyl (C=O) groups excluding carboxylic acids is 1. The van der Waals surface area contributed by atoms with E-state index in [9.17, 15) is 4.79 Å². The summed E-state index contributed by atoms with van der Waals surface area (Å²) in [5, 5.41) is 3.01. The Labute approximate surface area is 147 Å². The second kappa shape index (κ2) is 7.55. The van der Waals surface area contributed by atoms with Crippen molar-refractivity contribution in [3.8, 4) is 17.1 Å². The van der Waals surface area contributed by atoms with Crippen LogP contribution in [0.15, 0.2) is 41.0 Å². The molecule has 0 bridgehead atoms. The first-order chi connectivity index (χ1) is 11.6. The van der Waals surface area contributed by atoms with E-state index in [0.29, 0.717) is 25.3 Å². The van der Waals surface area contributed by atoms with E-state index in [4.69, 9.17) is 4.74 Å². The number of Topliss-reactive ketones (excluding diaryl/α,β-unsaturated/α-hetero) is 1. The minimum Gasteiger partial charge on any atom is -0.492 e. The van der Waals surface area contributed by atoms with Gasteiger partial charge < -0.3 is 15.0 Å². The van der Waals surface area contributed by atoms with Crippen LogP contribution in [0.1, 0.15) is 6.92 Å². The number of rotatable bonds is 7. The number of halogens is 1. The smallest absolute Gasteiger partial charge is 0.178 e. The maximum atomic E-state index is 10.8. The fourth-order valence-electron chi connectivity index (χ4n) is 2.23. The van der Waals surface area contributed by atoms with Gasteiger partial charge in [0, 0.05) is 22.8 Å². The largest absolute Gasteiger partial charge is 0.492 e. The minimum atomic E-state index is 0.117. The van der Waals surface area contributed by atoms with Gasteiger partial charge in [-0.05, 0) is 53.2 Å². The van der Waals surface area contributed by atoms with Crippen LogP contribution in [-0.4, -0.2) is 40.4 Å². The van der Waals surface area contributed by atoms with E-state index in [1.165, 1.54) is 0 Å². The topological polar surface area (TPSA) is 79.9 Å². The first kappa shape index (κ1) is 16.6. The maximum Gasteiger partial charge on any atom is 0.178 e. The van der Waals surface area contributed by atoms with Gasteiger partial charge in [0.1, 0.15) is 24.0 Å². The van der Waals surface area contributed by atoms with Crippen molar-refractivity contribution in [3.05, 3.63) is 41.0 Å². The van der Waals surface area contributed by atoms with Gasteiger partial charge in [-0.2, -0.15) is 0 Å². The molecule has 1 aromatic carbocycles. The first-order valence-corrected chi connectivity index (χ1v) is 8.36. The molecule has 2 heterocycles. The van der Waals surface area contributed by atoms with Crippen molar-refractivity contribution in [2.45, 2.75) is 6.92 Å². The number of ether oxygens (including phenoxy) is 1. The summed E-state index contributed by atoms with van der Waals surface area (Å²) in [5.74, 6) is 1.66. The molecule has 6 nitrogen and oxygen atoms in total. The molecule has 0 saturated heterocycles. The molecule has 0 amide bonds. The van der Waals surface area contributed by atoms with Crippen LogP contribution in [0.5, 0.6) is 5.75 Å². The molecule has 0 aliphatic heterocycles. The van der Waals surface area contributed by atoms with Crippen LogP contribution in [-0.2, 0) is 4.79 Å². The Hall–Kier alpha value is -2.25. The Kier molecular flexibility index (Phi) is 5.22. The Morgan fingerprint density at radius 2 is 2.12 bits per heavy atom. The molecule has 0 atom stereocenters. The van der Waals surface area contributed by atoms with Gasteiger partial charge in [-0.15, -0.1) is 0 Å². The number of pyridine rings is 1. The van der Waals surface area contributed by atoms with E-state index in [-0.39, 0.29) is 5.78 Å². The average Bonchev–Trinajstić information content (AvgIpc) is 2.98. The molecule has 0 unspecified atom stereocenters. The van der Waals surface area contributed by atoms with Crippen LogP contribution in [0.25, 0.3) is 22.6 Å². The van der Waals surface area contributed by atoms with Crippen molar-refractivity contribution >= 4 is 32.9 Å². The number of H-pyrrole nitrogens is 1. The molecule has 24 heavy (non-hydrogen) atoms. The number of hydrogen-bond acceptors (Lipinski definition) is 5. The molecular formula is C17H17BrN4O2. The maximum absolute atomic E-state index is 10.8. The van der Waals surface area contributed by atoms with Crippen LogP contribution >= 0.6 is 15.9 Å². The molecule has 0 aliphatic carbocycles. The number of aromatic amines is 1. The summed E-state index contributed by atoms with van der Waals surface area (Å²) in [6.07, 6.45) is 1.73. The molecule has 0 radical (unpaired) electrons. The number of carbonyl (C=O) groups is 1. The van der Waals surface area contributed by atoms with Crippen LogP contribution in [0.3, 0.4) is 0 Å². The molecule has 2 N–H and O–H groups in total. The number of benzene rings is 1. The summed E-state index contributed by atoms with van der Waals surface area (Å²) >= 11 is 3.40. The molecule has 2 aromatic heterocycles. The third kappa shape index (κ3) is 4.18. The lowest BCUT2D eigenvalue weighted by atomic mass is 10.2. The molecule has 3 rings (SSSR count). The standard InChI is InChI=1S/C17H17BrN4O2/c1-11(23)9-19-6-7-24-14-4-2-12(3-5-14)16-21-15-8-13(18)10-20-17(15)22-16/h2-5,8,10,19H,6-7,9H2,1H3,(H,20,21,22). The zero-order valence-corrected chi connectivity index (χ0v) is 14.8. The van der Waals surface area contributed by atoms with E-state index >= 15 is 0 Å². The van der Waals surface area contributed by atoms with E-state index in [0.717, 1.165) is 27.1 Å². The van der Waals surface area contributed by atoms with Gasteiger partial charge in [0.05, 0.1) is 12.1 Å². The number of nitrogens with zero attached hydrogens (tertiary/aromatic N) is 2. The highest BCUT2D eigenvalue weighted by atomic mass is 79.9. The zero-order valence-electron chi connectivity index (χ0n) is 13.2. The fourth-order valence-corrected chi connectivity index (χ4v) is 2.56. The third-order valence-corrected chi connectivity index (χ3v) is 3.79. The molecule has 3 aromatic rings. The van der Waals surface area contributed by atoms with Crippen molar-refractivity contribution in [1.82, 2.24) is 20.3 Å². The molecule has 0 aliphatic rings. The van der Waals surface area contributed by atoms with Crippen molar-refractivity contribution in [1.29, 1.82) is 0 Å². The highest BCUT2D eigenvalue weighted by Gasteiger charge is 2.07. The second-order valence-corrected chi connectivity index (χ2v) is 6.28. The van der Waals surface area contributed by atoms with Gasteiger partial charge in [-0.25, -0.2) is 9.97 Å². The summed E-state index contributed by atoms with van der Waals surface area (Å²) in [6, 6.07) is 9.65. The minimum absolute atomic E-state index is 0.117.